The summed E-state index contributed by atoms with van der Waals surface area (Å²) in [6, 6.07) is 2.02. The normalized spacial score (nSPS) is 22.6. The highest BCUT2D eigenvalue weighted by atomic mass is 19.4. The smallest absolute Gasteiger partial charge is 0.355 e. The van der Waals surface area contributed by atoms with Gasteiger partial charge in [0.25, 0.3) is 12.3 Å². The number of alkyl halides is 7. The summed E-state index contributed by atoms with van der Waals surface area (Å²) in [4.78, 5) is 29.5. The lowest BCUT2D eigenvalue weighted by atomic mass is 9.81. The number of hydrogen-bond acceptors (Lipinski definition) is 7. The molecule has 5 rings (SSSR count). The first-order valence-electron chi connectivity index (χ1n) is 12.8. The zero-order valence-electron chi connectivity index (χ0n) is 21.2. The Morgan fingerprint density at radius 2 is 1.93 bits per heavy atom. The molecule has 2 fully saturated rings. The van der Waals surface area contributed by atoms with Crippen LogP contribution >= 0.6 is 0 Å². The van der Waals surface area contributed by atoms with E-state index in [0.29, 0.717) is 5.69 Å². The molecule has 3 aromatic rings. The first kappa shape index (κ1) is 28.7. The Morgan fingerprint density at radius 3 is 2.61 bits per heavy atom. The van der Waals surface area contributed by atoms with E-state index in [1.165, 1.54) is 22.8 Å². The van der Waals surface area contributed by atoms with Crippen LogP contribution in [0.2, 0.25) is 0 Å². The van der Waals surface area contributed by atoms with Crippen molar-refractivity contribution >= 4 is 17.5 Å². The molecule has 1 saturated carbocycles. The minimum atomic E-state index is -4.46. The van der Waals surface area contributed by atoms with E-state index < -0.39 is 84.9 Å². The van der Waals surface area contributed by atoms with Crippen molar-refractivity contribution in [1.82, 2.24) is 35.5 Å². The van der Waals surface area contributed by atoms with Crippen LogP contribution in [-0.4, -0.2) is 55.4 Å². The van der Waals surface area contributed by atoms with Crippen LogP contribution in [0, 0.1) is 17.8 Å². The molecule has 222 valence electrons. The molecule has 2 amide bonds. The van der Waals surface area contributed by atoms with Gasteiger partial charge in [0.15, 0.2) is 11.3 Å². The molecule has 10 nitrogen and oxygen atoms in total. The third-order valence-corrected chi connectivity index (χ3v) is 7.55. The number of fused-ring (bicyclic) bond motifs is 1. The maximum atomic E-state index is 13.9. The quantitative estimate of drug-likeness (QED) is 0.395. The molecule has 1 aliphatic carbocycles. The van der Waals surface area contributed by atoms with Crippen molar-refractivity contribution in [3.63, 3.8) is 0 Å². The number of nitrogens with zero attached hydrogens (tertiary/aromatic N) is 5. The second-order valence-corrected chi connectivity index (χ2v) is 10.4. The lowest BCUT2D eigenvalue weighted by molar-refractivity contribution is -0.183. The number of piperidine rings is 1. The van der Waals surface area contributed by atoms with Crippen LogP contribution in [0.1, 0.15) is 72.1 Å². The fraction of sp³-hybridized carbons (Fsp3) is 0.583. The molecule has 2 unspecified atom stereocenters. The van der Waals surface area contributed by atoms with E-state index in [4.69, 9.17) is 0 Å². The molecule has 0 aromatic carbocycles. The summed E-state index contributed by atoms with van der Waals surface area (Å²) in [5.74, 6) is -7.62. The molecule has 0 radical (unpaired) electrons. The Balaban J connectivity index is 1.40. The average Bonchev–Trinajstić information content (AvgIpc) is 3.55. The van der Waals surface area contributed by atoms with E-state index in [9.17, 15) is 40.3 Å². The largest absolute Gasteiger partial charge is 0.393 e. The predicted octanol–water partition coefficient (Wildman–Crippen LogP) is 4.20. The molecule has 41 heavy (non-hydrogen) atoms. The van der Waals surface area contributed by atoms with Crippen molar-refractivity contribution in [1.29, 1.82) is 0 Å². The number of imidazole rings is 1. The third-order valence-electron chi connectivity index (χ3n) is 7.55. The number of carbonyl (C=O) groups is 2. The van der Waals surface area contributed by atoms with Gasteiger partial charge < -0.3 is 10.6 Å². The van der Waals surface area contributed by atoms with E-state index >= 15 is 0 Å². The molecular weight excluding hydrogens is 567 g/mol. The van der Waals surface area contributed by atoms with Crippen LogP contribution in [0.3, 0.4) is 0 Å². The second-order valence-electron chi connectivity index (χ2n) is 10.4. The van der Waals surface area contributed by atoms with Gasteiger partial charge in [-0.15, -0.1) is 0 Å². The van der Waals surface area contributed by atoms with E-state index in [1.54, 1.807) is 0 Å². The average molecular weight is 591 g/mol. The summed E-state index contributed by atoms with van der Waals surface area (Å²) in [6.07, 6.45) is -7.55. The number of hydrogen-bond donors (Lipinski definition) is 2. The molecule has 0 bridgehead atoms. The first-order chi connectivity index (χ1) is 19.3. The zero-order valence-corrected chi connectivity index (χ0v) is 21.2. The summed E-state index contributed by atoms with van der Waals surface area (Å²) >= 11 is 0. The third kappa shape index (κ3) is 6.27. The summed E-state index contributed by atoms with van der Waals surface area (Å²) in [5, 5.41) is 15.5. The molecule has 1 saturated heterocycles. The Hall–Kier alpha value is -3.79. The van der Waals surface area contributed by atoms with Gasteiger partial charge in [0.1, 0.15) is 0 Å². The van der Waals surface area contributed by atoms with Gasteiger partial charge >= 0.3 is 6.18 Å². The highest BCUT2D eigenvalue weighted by molar-refractivity contribution is 5.93. The standard InChI is InChI=1S/C24H24F7N7O3/c25-20(26)18-19(37-41-36-18)22(40)34-17(11-3-5-23(27,28)6-4-11)15-10-38-16(33-15)2-1-14(35-38)8-12-7-13(24(29,30)31)9-32-21(12)39/h1-2,10-13,17,20H,3-9H2,(H,32,39)(H,34,40)/t12?,13-,17?/m1/s1. The van der Waals surface area contributed by atoms with Crippen molar-refractivity contribution in [2.75, 3.05) is 6.54 Å². The highest BCUT2D eigenvalue weighted by Gasteiger charge is 2.45. The number of amides is 2. The number of carbonyl (C=O) groups excluding carboxylic acids is 2. The van der Waals surface area contributed by atoms with Crippen molar-refractivity contribution in [3.8, 4) is 0 Å². The fourth-order valence-electron chi connectivity index (χ4n) is 5.31. The van der Waals surface area contributed by atoms with Gasteiger partial charge in [-0.05, 0) is 47.6 Å². The topological polar surface area (TPSA) is 127 Å². The Labute approximate surface area is 227 Å². The molecule has 2 aliphatic rings. The Morgan fingerprint density at radius 1 is 1.20 bits per heavy atom. The lowest BCUT2D eigenvalue weighted by Crippen LogP contribution is -2.47. The van der Waals surface area contributed by atoms with Gasteiger partial charge in [-0.25, -0.2) is 31.7 Å². The van der Waals surface area contributed by atoms with Gasteiger partial charge in [0.05, 0.1) is 29.5 Å². The van der Waals surface area contributed by atoms with Crippen molar-refractivity contribution < 1.29 is 45.0 Å². The Bertz CT molecular complexity index is 1410. The minimum absolute atomic E-state index is 0.000427. The SMILES string of the molecule is O=C(NC(c1cn2nc(CC3C[C@@H](C(F)(F)F)CNC3=O)ccc2n1)C1CCC(F)(F)CC1)c1nonc1C(F)F. The van der Waals surface area contributed by atoms with Gasteiger partial charge in [-0.3, -0.25) is 9.59 Å². The fourth-order valence-corrected chi connectivity index (χ4v) is 5.31. The first-order valence-corrected chi connectivity index (χ1v) is 12.8. The highest BCUT2D eigenvalue weighted by Crippen LogP contribution is 2.41. The Kier molecular flexibility index (Phi) is 7.63. The van der Waals surface area contributed by atoms with Gasteiger partial charge in [-0.1, -0.05) is 0 Å². The summed E-state index contributed by atoms with van der Waals surface area (Å²) in [7, 11) is 0. The second kappa shape index (κ2) is 10.9. The molecule has 2 N–H and O–H groups in total. The minimum Gasteiger partial charge on any atom is -0.355 e. The molecule has 3 aromatic heterocycles. The molecule has 4 heterocycles. The zero-order chi connectivity index (χ0) is 29.5. The predicted molar refractivity (Wildman–Crippen MR) is 124 cm³/mol. The van der Waals surface area contributed by atoms with E-state index in [-0.39, 0.29) is 37.0 Å². The van der Waals surface area contributed by atoms with Crippen LogP contribution in [0.15, 0.2) is 23.0 Å². The molecule has 3 atom stereocenters. The number of nitrogens with one attached hydrogen (secondary N) is 2. The van der Waals surface area contributed by atoms with Crippen molar-refractivity contribution in [2.45, 2.75) is 63.1 Å². The van der Waals surface area contributed by atoms with Crippen molar-refractivity contribution in [3.05, 3.63) is 41.1 Å². The molecule has 0 spiro atoms. The number of aromatic nitrogens is 5. The van der Waals surface area contributed by atoms with E-state index in [0.717, 1.165) is 0 Å². The van der Waals surface area contributed by atoms with Crippen molar-refractivity contribution in [2.24, 2.45) is 17.8 Å². The molecule has 1 aliphatic heterocycles. The van der Waals surface area contributed by atoms with Gasteiger partial charge in [-0.2, -0.15) is 18.3 Å². The van der Waals surface area contributed by atoms with Crippen LogP contribution < -0.4 is 10.6 Å². The van der Waals surface area contributed by atoms with Gasteiger partial charge in [0, 0.05) is 31.7 Å². The number of halogens is 7. The number of rotatable bonds is 7. The molecule has 17 heteroatoms. The monoisotopic (exact) mass is 591 g/mol. The molecular formula is C24H24F7N7O3. The van der Waals surface area contributed by atoms with Crippen LogP contribution in [0.4, 0.5) is 30.7 Å². The summed E-state index contributed by atoms with van der Waals surface area (Å²) in [5.41, 5.74) is -0.962. The summed E-state index contributed by atoms with van der Waals surface area (Å²) < 4.78 is 99.4. The maximum Gasteiger partial charge on any atom is 0.393 e. The lowest BCUT2D eigenvalue weighted by Gasteiger charge is -2.33. The van der Waals surface area contributed by atoms with Crippen LogP contribution in [-0.2, 0) is 11.2 Å². The van der Waals surface area contributed by atoms with Gasteiger partial charge in [0.2, 0.25) is 17.5 Å². The van der Waals surface area contributed by atoms with E-state index in [2.05, 4.69) is 35.7 Å². The van der Waals surface area contributed by atoms with Crippen LogP contribution in [0.5, 0.6) is 0 Å². The van der Waals surface area contributed by atoms with E-state index in [1.807, 2.05) is 0 Å². The van der Waals surface area contributed by atoms with Crippen LogP contribution in [0.25, 0.3) is 5.65 Å². The summed E-state index contributed by atoms with van der Waals surface area (Å²) in [6.45, 7) is -0.487. The maximum absolute atomic E-state index is 13.9.